The van der Waals surface area contributed by atoms with Crippen LogP contribution >= 0.6 is 0 Å². The molecule has 0 fully saturated rings. The van der Waals surface area contributed by atoms with Crippen LogP contribution < -0.4 is 4.74 Å². The quantitative estimate of drug-likeness (QED) is 0.316. The summed E-state index contributed by atoms with van der Waals surface area (Å²) in [5, 5.41) is 0. The van der Waals surface area contributed by atoms with E-state index in [0.717, 1.165) is 5.56 Å². The number of hydrogen-bond acceptors (Lipinski definition) is 3. The topological polar surface area (TPSA) is 43.4 Å². The van der Waals surface area contributed by atoms with Crippen LogP contribution in [0.15, 0.2) is 30.3 Å². The second-order valence-electron chi connectivity index (χ2n) is 2.66. The van der Waals surface area contributed by atoms with Gasteiger partial charge in [0.25, 0.3) is 0 Å². The fourth-order valence-corrected chi connectivity index (χ4v) is 0.963. The van der Waals surface area contributed by atoms with Gasteiger partial charge in [0.05, 0.1) is 0 Å². The summed E-state index contributed by atoms with van der Waals surface area (Å²) in [6.45, 7) is 1.35. The highest BCUT2D eigenvalue weighted by molar-refractivity contribution is 5.74. The van der Waals surface area contributed by atoms with Gasteiger partial charge in [0.15, 0.2) is 0 Å². The summed E-state index contributed by atoms with van der Waals surface area (Å²) >= 11 is 0. The van der Waals surface area contributed by atoms with Gasteiger partial charge in [-0.1, -0.05) is 18.2 Å². The van der Waals surface area contributed by atoms with Gasteiger partial charge >= 0.3 is 5.97 Å². The number of esters is 1. The molecule has 0 spiro atoms. The Labute approximate surface area is 82.0 Å². The molecular weight excluding hydrogens is 180 g/mol. The summed E-state index contributed by atoms with van der Waals surface area (Å²) in [6, 6.07) is 6.87. The lowest BCUT2D eigenvalue weighted by Gasteiger charge is -2.00. The third-order valence-electron chi connectivity index (χ3n) is 1.51. The second kappa shape index (κ2) is 4.97. The first-order valence-electron chi connectivity index (χ1n) is 4.12. The third-order valence-corrected chi connectivity index (χ3v) is 1.51. The van der Waals surface area contributed by atoms with Crippen LogP contribution in [0.1, 0.15) is 12.5 Å². The molecule has 0 aliphatic carbocycles. The molecule has 0 N–H and O–H groups in total. The van der Waals surface area contributed by atoms with E-state index in [4.69, 9.17) is 4.74 Å². The van der Waals surface area contributed by atoms with Crippen LogP contribution in [-0.4, -0.2) is 12.3 Å². The number of hydrogen-bond donors (Lipinski definition) is 0. The molecule has 0 saturated carbocycles. The van der Waals surface area contributed by atoms with E-state index in [-0.39, 0.29) is 5.97 Å². The van der Waals surface area contributed by atoms with E-state index >= 15 is 0 Å². The largest absolute Gasteiger partial charge is 0.427 e. The predicted molar refractivity (Wildman–Crippen MR) is 52.8 cm³/mol. The Bertz CT molecular complexity index is 349. The molecule has 0 atom stereocenters. The first kappa shape index (κ1) is 10.2. The molecule has 0 unspecified atom stereocenters. The van der Waals surface area contributed by atoms with E-state index in [0.29, 0.717) is 12.0 Å². The first-order valence-corrected chi connectivity index (χ1v) is 4.12. The minimum atomic E-state index is -0.346. The van der Waals surface area contributed by atoms with Crippen molar-refractivity contribution in [2.24, 2.45) is 0 Å². The van der Waals surface area contributed by atoms with E-state index in [1.54, 1.807) is 30.3 Å². The summed E-state index contributed by atoms with van der Waals surface area (Å²) in [5.41, 5.74) is 0.882. The third kappa shape index (κ3) is 3.23. The highest BCUT2D eigenvalue weighted by Crippen LogP contribution is 2.12. The number of carbonyl (C=O) groups excluding carboxylic acids is 2. The number of carbonyl (C=O) groups is 2. The fourth-order valence-electron chi connectivity index (χ4n) is 0.963. The van der Waals surface area contributed by atoms with Crippen LogP contribution in [0.4, 0.5) is 0 Å². The maximum absolute atomic E-state index is 10.6. The van der Waals surface area contributed by atoms with E-state index in [9.17, 15) is 9.59 Å². The summed E-state index contributed by atoms with van der Waals surface area (Å²) in [5.74, 6) is 0.155. The summed E-state index contributed by atoms with van der Waals surface area (Å²) < 4.78 is 4.84. The zero-order chi connectivity index (χ0) is 10.4. The fraction of sp³-hybridized carbons (Fsp3) is 0.0909. The van der Waals surface area contributed by atoms with E-state index in [1.807, 2.05) is 0 Å². The number of rotatable bonds is 3. The van der Waals surface area contributed by atoms with Gasteiger partial charge in [0.2, 0.25) is 0 Å². The molecule has 1 aromatic rings. The van der Waals surface area contributed by atoms with Crippen molar-refractivity contribution in [2.45, 2.75) is 6.92 Å². The van der Waals surface area contributed by atoms with Crippen molar-refractivity contribution in [3.8, 4) is 5.75 Å². The van der Waals surface area contributed by atoms with Gasteiger partial charge in [-0.3, -0.25) is 9.59 Å². The zero-order valence-corrected chi connectivity index (χ0v) is 7.77. The summed E-state index contributed by atoms with van der Waals surface area (Å²) in [6.07, 6.45) is 3.78. The highest BCUT2D eigenvalue weighted by atomic mass is 16.5. The molecule has 3 heteroatoms. The first-order chi connectivity index (χ1) is 6.72. The van der Waals surface area contributed by atoms with Crippen molar-refractivity contribution in [2.75, 3.05) is 0 Å². The van der Waals surface area contributed by atoms with Crippen molar-refractivity contribution in [3.05, 3.63) is 35.9 Å². The smallest absolute Gasteiger partial charge is 0.308 e. The lowest BCUT2D eigenvalue weighted by molar-refractivity contribution is -0.131. The van der Waals surface area contributed by atoms with Gasteiger partial charge in [-0.2, -0.15) is 0 Å². The standard InChI is InChI=1S/C11H10O3/c1-9(13)14-11-6-4-10(5-7-11)3-2-8-12/h2-8H,1H3/b3-2+. The predicted octanol–water partition coefficient (Wildman–Crippen LogP) is 1.82. The van der Waals surface area contributed by atoms with Crippen molar-refractivity contribution < 1.29 is 14.3 Å². The summed E-state index contributed by atoms with van der Waals surface area (Å²) in [4.78, 5) is 20.6. The average molecular weight is 190 g/mol. The van der Waals surface area contributed by atoms with Crippen LogP contribution in [0.25, 0.3) is 6.08 Å². The maximum atomic E-state index is 10.6. The Morgan fingerprint density at radius 3 is 2.43 bits per heavy atom. The Hall–Kier alpha value is -1.90. The van der Waals surface area contributed by atoms with Crippen molar-refractivity contribution in [1.29, 1.82) is 0 Å². The Kier molecular flexibility index (Phi) is 3.61. The lowest BCUT2D eigenvalue weighted by atomic mass is 10.2. The monoisotopic (exact) mass is 190 g/mol. The molecule has 1 aromatic carbocycles. The second-order valence-corrected chi connectivity index (χ2v) is 2.66. The number of allylic oxidation sites excluding steroid dienone is 1. The maximum Gasteiger partial charge on any atom is 0.308 e. The van der Waals surface area contributed by atoms with Gasteiger partial charge in [-0.25, -0.2) is 0 Å². The molecule has 0 heterocycles. The van der Waals surface area contributed by atoms with Crippen LogP contribution in [0.3, 0.4) is 0 Å². The van der Waals surface area contributed by atoms with E-state index in [1.165, 1.54) is 13.0 Å². The minimum absolute atomic E-state index is 0.346. The van der Waals surface area contributed by atoms with Gasteiger partial charge in [0, 0.05) is 6.92 Å². The normalized spacial score (nSPS) is 10.1. The van der Waals surface area contributed by atoms with Gasteiger partial charge in [-0.05, 0) is 23.8 Å². The SMILES string of the molecule is CC(=O)Oc1ccc(/C=C/C=O)cc1. The minimum Gasteiger partial charge on any atom is -0.427 e. The lowest BCUT2D eigenvalue weighted by Crippen LogP contribution is -2.00. The van der Waals surface area contributed by atoms with Gasteiger partial charge in [-0.15, -0.1) is 0 Å². The van der Waals surface area contributed by atoms with Crippen molar-refractivity contribution in [3.63, 3.8) is 0 Å². The number of benzene rings is 1. The van der Waals surface area contributed by atoms with Crippen molar-refractivity contribution in [1.82, 2.24) is 0 Å². The number of aldehydes is 1. The van der Waals surface area contributed by atoms with Crippen molar-refractivity contribution >= 4 is 18.3 Å². The molecule has 0 aliphatic heterocycles. The molecule has 72 valence electrons. The molecule has 0 bridgehead atoms. The Balaban J connectivity index is 2.73. The molecule has 14 heavy (non-hydrogen) atoms. The highest BCUT2D eigenvalue weighted by Gasteiger charge is 1.96. The molecule has 0 radical (unpaired) electrons. The Morgan fingerprint density at radius 1 is 1.29 bits per heavy atom. The van der Waals surface area contributed by atoms with Gasteiger partial charge in [0.1, 0.15) is 12.0 Å². The van der Waals surface area contributed by atoms with Crippen LogP contribution in [0.5, 0.6) is 5.75 Å². The molecule has 0 aromatic heterocycles. The van der Waals surface area contributed by atoms with E-state index < -0.39 is 0 Å². The average Bonchev–Trinajstić information content (AvgIpc) is 2.16. The molecule has 1 rings (SSSR count). The van der Waals surface area contributed by atoms with Crippen LogP contribution in [0.2, 0.25) is 0 Å². The number of ether oxygens (including phenoxy) is 1. The zero-order valence-electron chi connectivity index (χ0n) is 7.77. The molecular formula is C11H10O3. The van der Waals surface area contributed by atoms with E-state index in [2.05, 4.69) is 0 Å². The van der Waals surface area contributed by atoms with Crippen LogP contribution in [-0.2, 0) is 9.59 Å². The molecule has 0 amide bonds. The molecule has 0 aliphatic rings. The molecule has 3 nitrogen and oxygen atoms in total. The molecule has 0 saturated heterocycles. The Morgan fingerprint density at radius 2 is 1.93 bits per heavy atom. The summed E-state index contributed by atoms with van der Waals surface area (Å²) in [7, 11) is 0. The van der Waals surface area contributed by atoms with Crippen LogP contribution in [0, 0.1) is 0 Å². The van der Waals surface area contributed by atoms with Gasteiger partial charge < -0.3 is 4.74 Å².